The molecule has 1 fully saturated rings. The number of halogens is 3. The van der Waals surface area contributed by atoms with Crippen molar-refractivity contribution in [3.63, 3.8) is 0 Å². The van der Waals surface area contributed by atoms with Crippen LogP contribution in [0.15, 0.2) is 12.1 Å². The van der Waals surface area contributed by atoms with Crippen molar-refractivity contribution < 1.29 is 37.0 Å². The summed E-state index contributed by atoms with van der Waals surface area (Å²) in [5.74, 6) is -1.35. The molecule has 1 amide bonds. The Morgan fingerprint density at radius 2 is 1.94 bits per heavy atom. The van der Waals surface area contributed by atoms with E-state index in [2.05, 4.69) is 10.1 Å². The first-order valence-corrected chi connectivity index (χ1v) is 9.84. The fraction of sp³-hybridized carbons (Fsp3) is 0.600. The van der Waals surface area contributed by atoms with Crippen molar-refractivity contribution in [2.45, 2.75) is 58.7 Å². The minimum atomic E-state index is -4.94. The topological polar surface area (TPSA) is 103 Å². The molecular formula is C20H28F3N3O5. The molecule has 1 aliphatic heterocycles. The van der Waals surface area contributed by atoms with Gasteiger partial charge in [0.1, 0.15) is 11.4 Å². The number of likely N-dealkylation sites (tertiary alicyclic amines) is 1. The maximum Gasteiger partial charge on any atom is 0.573 e. The number of ether oxygens (including phenoxy) is 3. The molecule has 1 aliphatic rings. The van der Waals surface area contributed by atoms with Gasteiger partial charge < -0.3 is 25.3 Å². The van der Waals surface area contributed by atoms with E-state index >= 15 is 0 Å². The monoisotopic (exact) mass is 447 g/mol. The van der Waals surface area contributed by atoms with Crippen molar-refractivity contribution in [1.29, 1.82) is 0 Å². The van der Waals surface area contributed by atoms with Crippen LogP contribution < -0.4 is 15.8 Å². The number of esters is 1. The van der Waals surface area contributed by atoms with Crippen molar-refractivity contribution in [2.75, 3.05) is 25.4 Å². The number of anilines is 1. The van der Waals surface area contributed by atoms with Crippen LogP contribution in [0.1, 0.15) is 50.0 Å². The first-order chi connectivity index (χ1) is 14.3. The van der Waals surface area contributed by atoms with Gasteiger partial charge in [-0.05, 0) is 46.2 Å². The van der Waals surface area contributed by atoms with E-state index in [-0.39, 0.29) is 36.0 Å². The Balaban J connectivity index is 2.14. The Morgan fingerprint density at radius 3 is 2.52 bits per heavy atom. The van der Waals surface area contributed by atoms with Gasteiger partial charge in [0.25, 0.3) is 0 Å². The number of amides is 1. The number of nitrogens with two attached hydrogens (primary N) is 1. The summed E-state index contributed by atoms with van der Waals surface area (Å²) in [6, 6.07) is 2.02. The normalized spacial score (nSPS) is 17.3. The van der Waals surface area contributed by atoms with E-state index in [4.69, 9.17) is 15.2 Å². The van der Waals surface area contributed by atoms with Crippen molar-refractivity contribution in [2.24, 2.45) is 0 Å². The molecule has 1 unspecified atom stereocenters. The molecule has 1 heterocycles. The predicted molar refractivity (Wildman–Crippen MR) is 107 cm³/mol. The fourth-order valence-corrected chi connectivity index (χ4v) is 3.18. The Bertz CT molecular complexity index is 808. The zero-order chi connectivity index (χ0) is 23.4. The molecule has 0 bridgehead atoms. The van der Waals surface area contributed by atoms with Crippen molar-refractivity contribution in [3.8, 4) is 5.75 Å². The van der Waals surface area contributed by atoms with E-state index in [0.717, 1.165) is 6.07 Å². The average molecular weight is 447 g/mol. The van der Waals surface area contributed by atoms with Crippen molar-refractivity contribution in [1.82, 2.24) is 10.2 Å². The number of nitrogens with zero attached hydrogens (tertiary/aromatic N) is 1. The quantitative estimate of drug-likeness (QED) is 0.509. The molecule has 0 spiro atoms. The predicted octanol–water partition coefficient (Wildman–Crippen LogP) is 3.44. The molecule has 1 aromatic carbocycles. The smallest absolute Gasteiger partial charge is 0.462 e. The highest BCUT2D eigenvalue weighted by Crippen LogP contribution is 2.32. The number of alkyl carbamates (subject to hydrolysis) is 1. The Kier molecular flexibility index (Phi) is 7.63. The van der Waals surface area contributed by atoms with E-state index in [9.17, 15) is 22.8 Å². The lowest BCUT2D eigenvalue weighted by atomic mass is 10.1. The summed E-state index contributed by atoms with van der Waals surface area (Å²) in [4.78, 5) is 25.8. The molecular weight excluding hydrogens is 419 g/mol. The Hall–Kier alpha value is -2.69. The highest BCUT2D eigenvalue weighted by Gasteiger charge is 2.34. The van der Waals surface area contributed by atoms with Gasteiger partial charge in [-0.15, -0.1) is 13.2 Å². The summed E-state index contributed by atoms with van der Waals surface area (Å²) in [5, 5.41) is 2.75. The number of carbonyl (C=O) groups excluding carboxylic acids is 2. The largest absolute Gasteiger partial charge is 0.573 e. The van der Waals surface area contributed by atoms with Crippen LogP contribution >= 0.6 is 0 Å². The molecule has 0 aromatic heterocycles. The second-order valence-corrected chi connectivity index (χ2v) is 8.18. The second-order valence-electron chi connectivity index (χ2n) is 8.18. The lowest BCUT2D eigenvalue weighted by Crippen LogP contribution is -2.40. The van der Waals surface area contributed by atoms with Gasteiger partial charge in [-0.2, -0.15) is 0 Å². The van der Waals surface area contributed by atoms with Crippen LogP contribution in [0.4, 0.5) is 23.7 Å². The number of benzene rings is 1. The molecule has 1 saturated heterocycles. The van der Waals surface area contributed by atoms with Gasteiger partial charge in [-0.25, -0.2) is 9.59 Å². The van der Waals surface area contributed by atoms with E-state index in [1.54, 1.807) is 27.7 Å². The number of carbonyl (C=O) groups is 2. The molecule has 3 N–H and O–H groups in total. The molecule has 0 saturated carbocycles. The van der Waals surface area contributed by atoms with Gasteiger partial charge >= 0.3 is 18.4 Å². The molecule has 0 radical (unpaired) electrons. The summed E-state index contributed by atoms with van der Waals surface area (Å²) >= 11 is 0. The van der Waals surface area contributed by atoms with E-state index in [1.165, 1.54) is 6.07 Å². The first kappa shape index (κ1) is 24.6. The molecule has 1 aromatic rings. The van der Waals surface area contributed by atoms with Gasteiger partial charge in [0, 0.05) is 36.9 Å². The van der Waals surface area contributed by atoms with Gasteiger partial charge in [0.05, 0.1) is 12.2 Å². The average Bonchev–Trinajstić information content (AvgIpc) is 3.01. The highest BCUT2D eigenvalue weighted by molar-refractivity contribution is 5.95. The Morgan fingerprint density at radius 1 is 1.26 bits per heavy atom. The van der Waals surface area contributed by atoms with Gasteiger partial charge in [-0.3, -0.25) is 4.90 Å². The van der Waals surface area contributed by atoms with Crippen molar-refractivity contribution >= 4 is 17.7 Å². The van der Waals surface area contributed by atoms with Crippen LogP contribution in [0.5, 0.6) is 5.75 Å². The van der Waals surface area contributed by atoms with Gasteiger partial charge in [0.15, 0.2) is 0 Å². The lowest BCUT2D eigenvalue weighted by molar-refractivity contribution is -0.275. The molecule has 31 heavy (non-hydrogen) atoms. The van der Waals surface area contributed by atoms with Crippen LogP contribution in [-0.2, 0) is 16.0 Å². The van der Waals surface area contributed by atoms with E-state index < -0.39 is 29.8 Å². The number of nitrogens with one attached hydrogen (secondary N) is 1. The fourth-order valence-electron chi connectivity index (χ4n) is 3.18. The minimum absolute atomic E-state index is 0.00870. The van der Waals surface area contributed by atoms with Crippen LogP contribution in [0.3, 0.4) is 0 Å². The number of rotatable bonds is 6. The molecule has 11 heteroatoms. The number of alkyl halides is 3. The maximum absolute atomic E-state index is 12.9. The lowest BCUT2D eigenvalue weighted by Gasteiger charge is -2.22. The first-order valence-electron chi connectivity index (χ1n) is 9.84. The van der Waals surface area contributed by atoms with E-state index in [0.29, 0.717) is 19.5 Å². The highest BCUT2D eigenvalue weighted by atomic mass is 19.4. The van der Waals surface area contributed by atoms with E-state index in [1.807, 2.05) is 4.90 Å². The second kappa shape index (κ2) is 9.63. The minimum Gasteiger partial charge on any atom is -0.462 e. The van der Waals surface area contributed by atoms with Gasteiger partial charge in [-0.1, -0.05) is 0 Å². The number of nitrogen functional groups attached to an aromatic ring is 1. The van der Waals surface area contributed by atoms with Gasteiger partial charge in [0.2, 0.25) is 0 Å². The van der Waals surface area contributed by atoms with Crippen molar-refractivity contribution in [3.05, 3.63) is 23.3 Å². The van der Waals surface area contributed by atoms with Crippen LogP contribution in [0.2, 0.25) is 0 Å². The Labute approximate surface area is 178 Å². The molecule has 2 rings (SSSR count). The van der Waals surface area contributed by atoms with Crippen LogP contribution in [0.25, 0.3) is 0 Å². The summed E-state index contributed by atoms with van der Waals surface area (Å²) in [6.45, 7) is 7.90. The maximum atomic E-state index is 12.9. The van der Waals surface area contributed by atoms with Crippen LogP contribution in [0, 0.1) is 0 Å². The standard InChI is InChI=1S/C20H28F3N3O5/c1-5-29-17(27)14-9-16(30-20(21,22)23)12(8-15(14)24)10-26-7-6-13(11-26)25-18(28)31-19(2,3)4/h8-9,13H,5-7,10-11,24H2,1-4H3,(H,25,28). The molecule has 174 valence electrons. The molecule has 8 nitrogen and oxygen atoms in total. The summed E-state index contributed by atoms with van der Waals surface area (Å²) in [5.41, 5.74) is 5.21. The summed E-state index contributed by atoms with van der Waals surface area (Å²) in [7, 11) is 0. The van der Waals surface area contributed by atoms with Crippen LogP contribution in [-0.4, -0.2) is 54.7 Å². The molecule has 0 aliphatic carbocycles. The SMILES string of the molecule is CCOC(=O)c1cc(OC(F)(F)F)c(CN2CCC(NC(=O)OC(C)(C)C)C2)cc1N. The third-order valence-electron chi connectivity index (χ3n) is 4.34. The summed E-state index contributed by atoms with van der Waals surface area (Å²) in [6.07, 6.45) is -4.89. The zero-order valence-electron chi connectivity index (χ0n) is 18.0. The number of hydrogen-bond donors (Lipinski definition) is 2. The molecule has 1 atom stereocenters. The number of hydrogen-bond acceptors (Lipinski definition) is 7. The third-order valence-corrected chi connectivity index (χ3v) is 4.34. The third kappa shape index (κ3) is 7.82. The summed E-state index contributed by atoms with van der Waals surface area (Å²) < 4.78 is 52.9. The zero-order valence-corrected chi connectivity index (χ0v) is 18.0.